The number of aromatic nitrogens is 1. The third-order valence-electron chi connectivity index (χ3n) is 1.70. The van der Waals surface area contributed by atoms with Crippen molar-refractivity contribution >= 4 is 17.5 Å². The zero-order chi connectivity index (χ0) is 10.7. The Hall–Kier alpha value is -1.23. The number of primary amides is 1. The Morgan fingerprint density at radius 2 is 2.21 bits per heavy atom. The second-order valence-corrected chi connectivity index (χ2v) is 2.83. The third kappa shape index (κ3) is 1.98. The van der Waals surface area contributed by atoms with E-state index in [0.717, 1.165) is 6.20 Å². The van der Waals surface area contributed by atoms with Crippen LogP contribution in [0.3, 0.4) is 0 Å². The van der Waals surface area contributed by atoms with Gasteiger partial charge in [0.15, 0.2) is 0 Å². The van der Waals surface area contributed by atoms with Crippen LogP contribution in [0.4, 0.5) is 8.78 Å². The first-order chi connectivity index (χ1) is 6.57. The van der Waals surface area contributed by atoms with Crippen molar-refractivity contribution in [3.05, 3.63) is 29.1 Å². The minimum Gasteiger partial charge on any atom is -0.366 e. The van der Waals surface area contributed by atoms with Gasteiger partial charge in [-0.2, -0.15) is 0 Å². The van der Waals surface area contributed by atoms with Crippen molar-refractivity contribution in [2.75, 3.05) is 0 Å². The molecule has 0 radical (unpaired) electrons. The lowest BCUT2D eigenvalue weighted by atomic mass is 10.1. The summed E-state index contributed by atoms with van der Waals surface area (Å²) >= 11 is 5.43. The molecule has 6 heteroatoms. The number of pyridine rings is 1. The van der Waals surface area contributed by atoms with Crippen molar-refractivity contribution in [2.24, 2.45) is 5.73 Å². The zero-order valence-electron chi connectivity index (χ0n) is 7.01. The Morgan fingerprint density at radius 3 is 2.64 bits per heavy atom. The van der Waals surface area contributed by atoms with Gasteiger partial charge in [-0.15, -0.1) is 11.6 Å². The summed E-state index contributed by atoms with van der Waals surface area (Å²) in [5.74, 6) is -1.06. The van der Waals surface area contributed by atoms with E-state index in [9.17, 15) is 13.6 Å². The van der Waals surface area contributed by atoms with Crippen LogP contribution in [0.25, 0.3) is 0 Å². The number of rotatable bonds is 3. The molecule has 0 fully saturated rings. The van der Waals surface area contributed by atoms with Gasteiger partial charge in [0.25, 0.3) is 12.3 Å². The molecule has 0 atom stereocenters. The first-order valence-corrected chi connectivity index (χ1v) is 4.22. The van der Waals surface area contributed by atoms with E-state index in [-0.39, 0.29) is 17.0 Å². The molecule has 0 saturated heterocycles. The van der Waals surface area contributed by atoms with Crippen molar-refractivity contribution in [3.63, 3.8) is 0 Å². The Labute approximate surface area is 83.9 Å². The highest BCUT2D eigenvalue weighted by atomic mass is 35.5. The molecule has 0 bridgehead atoms. The Balaban J connectivity index is 3.35. The van der Waals surface area contributed by atoms with Gasteiger partial charge in [0.2, 0.25) is 0 Å². The van der Waals surface area contributed by atoms with Crippen LogP contribution in [0.15, 0.2) is 12.4 Å². The molecule has 3 nitrogen and oxygen atoms in total. The number of nitrogens with zero attached hydrogens (tertiary/aromatic N) is 1. The maximum atomic E-state index is 12.5. The summed E-state index contributed by atoms with van der Waals surface area (Å²) in [6, 6.07) is 0. The molecule has 1 amide bonds. The van der Waals surface area contributed by atoms with E-state index in [1.807, 2.05) is 0 Å². The molecule has 1 rings (SSSR count). The largest absolute Gasteiger partial charge is 0.366 e. The van der Waals surface area contributed by atoms with Gasteiger partial charge in [0.05, 0.1) is 5.56 Å². The first kappa shape index (κ1) is 10.8. The van der Waals surface area contributed by atoms with Crippen LogP contribution in [0.5, 0.6) is 0 Å². The van der Waals surface area contributed by atoms with Gasteiger partial charge >= 0.3 is 0 Å². The molecule has 0 aliphatic heterocycles. The van der Waals surface area contributed by atoms with Gasteiger partial charge in [0, 0.05) is 23.8 Å². The molecular formula is C8H7ClF2N2O. The molecule has 76 valence electrons. The van der Waals surface area contributed by atoms with Gasteiger partial charge in [-0.1, -0.05) is 0 Å². The van der Waals surface area contributed by atoms with E-state index >= 15 is 0 Å². The Bertz CT molecular complexity index is 357. The summed E-state index contributed by atoms with van der Waals surface area (Å²) in [6.45, 7) is 0. The highest BCUT2D eigenvalue weighted by Gasteiger charge is 2.20. The van der Waals surface area contributed by atoms with E-state index in [1.54, 1.807) is 0 Å². The molecule has 0 unspecified atom stereocenters. The second-order valence-electron chi connectivity index (χ2n) is 2.56. The molecule has 0 saturated carbocycles. The van der Waals surface area contributed by atoms with Crippen LogP contribution in [-0.2, 0) is 5.88 Å². The van der Waals surface area contributed by atoms with Gasteiger partial charge in [-0.3, -0.25) is 9.78 Å². The Kier molecular flexibility index (Phi) is 3.35. The van der Waals surface area contributed by atoms with E-state index in [1.165, 1.54) is 6.20 Å². The number of amides is 1. The molecule has 1 heterocycles. The van der Waals surface area contributed by atoms with Crippen LogP contribution in [0.2, 0.25) is 0 Å². The van der Waals surface area contributed by atoms with Crippen molar-refractivity contribution in [1.29, 1.82) is 0 Å². The number of hydrogen-bond donors (Lipinski definition) is 1. The number of halogens is 3. The minimum absolute atomic E-state index is 0.123. The van der Waals surface area contributed by atoms with Crippen LogP contribution < -0.4 is 5.73 Å². The molecule has 2 N–H and O–H groups in total. The molecule has 0 aromatic carbocycles. The van der Waals surface area contributed by atoms with E-state index in [0.29, 0.717) is 0 Å². The third-order valence-corrected chi connectivity index (χ3v) is 1.99. The molecule has 1 aromatic rings. The second kappa shape index (κ2) is 4.32. The monoisotopic (exact) mass is 220 g/mol. The van der Waals surface area contributed by atoms with Crippen LogP contribution in [-0.4, -0.2) is 10.9 Å². The lowest BCUT2D eigenvalue weighted by molar-refractivity contribution is 0.0985. The summed E-state index contributed by atoms with van der Waals surface area (Å²) < 4.78 is 25.1. The smallest absolute Gasteiger partial charge is 0.265 e. The summed E-state index contributed by atoms with van der Waals surface area (Å²) in [5, 5.41) is 0. The quantitative estimate of drug-likeness (QED) is 0.791. The predicted octanol–water partition coefficient (Wildman–Crippen LogP) is 1.86. The molecule has 14 heavy (non-hydrogen) atoms. The average Bonchev–Trinajstić information content (AvgIpc) is 2.16. The zero-order valence-corrected chi connectivity index (χ0v) is 7.76. The standard InChI is InChI=1S/C8H7ClF2N2O/c9-1-4-2-13-3-5(8(12)14)6(4)7(10)11/h2-3,7H,1H2,(H2,12,14). The normalized spacial score (nSPS) is 10.6. The topological polar surface area (TPSA) is 56.0 Å². The highest BCUT2D eigenvalue weighted by molar-refractivity contribution is 6.17. The lowest BCUT2D eigenvalue weighted by Gasteiger charge is -2.08. The molecule has 0 aliphatic carbocycles. The van der Waals surface area contributed by atoms with Crippen molar-refractivity contribution in [3.8, 4) is 0 Å². The lowest BCUT2D eigenvalue weighted by Crippen LogP contribution is -2.15. The van der Waals surface area contributed by atoms with Crippen LogP contribution >= 0.6 is 11.6 Å². The van der Waals surface area contributed by atoms with Crippen LogP contribution in [0.1, 0.15) is 27.9 Å². The minimum atomic E-state index is -2.78. The number of nitrogens with two attached hydrogens (primary N) is 1. The fraction of sp³-hybridized carbons (Fsp3) is 0.250. The maximum absolute atomic E-state index is 12.5. The van der Waals surface area contributed by atoms with E-state index < -0.39 is 17.9 Å². The van der Waals surface area contributed by atoms with Crippen molar-refractivity contribution < 1.29 is 13.6 Å². The summed E-state index contributed by atoms with van der Waals surface area (Å²) in [6.07, 6.45) is -0.574. The SMILES string of the molecule is NC(=O)c1cncc(CCl)c1C(F)F. The molecule has 0 spiro atoms. The van der Waals surface area contributed by atoms with Crippen molar-refractivity contribution in [1.82, 2.24) is 4.98 Å². The van der Waals surface area contributed by atoms with Gasteiger partial charge < -0.3 is 5.73 Å². The number of carbonyl (C=O) groups excluding carboxylic acids is 1. The summed E-state index contributed by atoms with van der Waals surface area (Å²) in [5.41, 5.74) is 4.34. The van der Waals surface area contributed by atoms with Crippen molar-refractivity contribution in [2.45, 2.75) is 12.3 Å². The van der Waals surface area contributed by atoms with Gasteiger partial charge in [0.1, 0.15) is 0 Å². The molecular weight excluding hydrogens is 214 g/mol. The maximum Gasteiger partial charge on any atom is 0.265 e. The number of alkyl halides is 3. The van der Waals surface area contributed by atoms with E-state index in [2.05, 4.69) is 4.98 Å². The number of hydrogen-bond acceptors (Lipinski definition) is 2. The van der Waals surface area contributed by atoms with E-state index in [4.69, 9.17) is 17.3 Å². The van der Waals surface area contributed by atoms with Gasteiger partial charge in [-0.25, -0.2) is 8.78 Å². The highest BCUT2D eigenvalue weighted by Crippen LogP contribution is 2.26. The predicted molar refractivity (Wildman–Crippen MR) is 47.3 cm³/mol. The number of carbonyl (C=O) groups is 1. The summed E-state index contributed by atoms with van der Waals surface area (Å²) in [7, 11) is 0. The molecule has 0 aliphatic rings. The fourth-order valence-corrected chi connectivity index (χ4v) is 1.29. The first-order valence-electron chi connectivity index (χ1n) is 3.68. The van der Waals surface area contributed by atoms with Gasteiger partial charge in [-0.05, 0) is 5.56 Å². The Morgan fingerprint density at radius 1 is 1.57 bits per heavy atom. The fourth-order valence-electron chi connectivity index (χ4n) is 1.07. The summed E-state index contributed by atoms with van der Waals surface area (Å²) in [4.78, 5) is 14.4. The van der Waals surface area contributed by atoms with Crippen LogP contribution in [0, 0.1) is 0 Å². The average molecular weight is 221 g/mol. The molecule has 1 aromatic heterocycles.